The van der Waals surface area contributed by atoms with E-state index in [1.165, 1.54) is 44.9 Å². The minimum atomic E-state index is -0.605. The molecule has 2 saturated heterocycles. The van der Waals surface area contributed by atoms with Crippen molar-refractivity contribution in [2.24, 2.45) is 0 Å². The molecule has 0 spiro atoms. The topological polar surface area (TPSA) is 126 Å². The molecule has 0 aromatic rings. The highest BCUT2D eigenvalue weighted by molar-refractivity contribution is 5.90. The van der Waals surface area contributed by atoms with Crippen molar-refractivity contribution in [2.45, 2.75) is 204 Å². The molecule has 3 aliphatic heterocycles. The van der Waals surface area contributed by atoms with Crippen molar-refractivity contribution in [3.63, 3.8) is 0 Å². The molecule has 0 radical (unpaired) electrons. The number of rotatable bonds is 23. The molecule has 250 valence electrons. The number of cyclic esters (lactones) is 1. The number of unbranched alkanes of at least 4 members (excludes halogenated alkanes) is 8. The summed E-state index contributed by atoms with van der Waals surface area (Å²) in [6.45, 7) is 4.05. The summed E-state index contributed by atoms with van der Waals surface area (Å²) in [7, 11) is 0. The molecule has 8 nitrogen and oxygen atoms in total. The predicted octanol–water partition coefficient (Wildman–Crippen LogP) is 6.05. The van der Waals surface area contributed by atoms with Gasteiger partial charge in [0, 0.05) is 12.0 Å². The fraction of sp³-hybridized carbons (Fsp3) is 0.914. The zero-order valence-electron chi connectivity index (χ0n) is 27.0. The maximum atomic E-state index is 11.7. The Bertz CT molecular complexity index is 803. The lowest BCUT2D eigenvalue weighted by Gasteiger charge is -2.24. The van der Waals surface area contributed by atoms with Crippen LogP contribution in [0, 0.1) is 0 Å². The lowest BCUT2D eigenvalue weighted by atomic mass is 9.99. The molecule has 3 aliphatic rings. The Morgan fingerprint density at radius 2 is 1.16 bits per heavy atom. The minimum absolute atomic E-state index is 0.00356. The van der Waals surface area contributed by atoms with Gasteiger partial charge in [-0.15, -0.1) is 0 Å². The normalized spacial score (nSPS) is 28.6. The number of ether oxygens (including phenoxy) is 3. The molecule has 0 aliphatic carbocycles. The molecule has 2 fully saturated rings. The highest BCUT2D eigenvalue weighted by Crippen LogP contribution is 2.34. The fourth-order valence-corrected chi connectivity index (χ4v) is 6.95. The van der Waals surface area contributed by atoms with Crippen molar-refractivity contribution >= 4 is 5.97 Å². The summed E-state index contributed by atoms with van der Waals surface area (Å²) in [6.07, 6.45) is 18.9. The van der Waals surface area contributed by atoms with Crippen molar-refractivity contribution in [3.8, 4) is 0 Å². The Kier molecular flexibility index (Phi) is 17.1. The van der Waals surface area contributed by atoms with Gasteiger partial charge in [-0.25, -0.2) is 4.79 Å². The van der Waals surface area contributed by atoms with Gasteiger partial charge in [-0.1, -0.05) is 71.1 Å². The van der Waals surface area contributed by atoms with Gasteiger partial charge in [-0.3, -0.25) is 0 Å². The average Bonchev–Trinajstić information content (AvgIpc) is 3.72. The van der Waals surface area contributed by atoms with Crippen molar-refractivity contribution in [1.82, 2.24) is 0 Å². The van der Waals surface area contributed by atoms with Crippen LogP contribution in [0.15, 0.2) is 11.6 Å². The lowest BCUT2D eigenvalue weighted by Crippen LogP contribution is -2.33. The number of esters is 1. The summed E-state index contributed by atoms with van der Waals surface area (Å²) < 4.78 is 17.6. The third-order valence-electron chi connectivity index (χ3n) is 9.61. The quantitative estimate of drug-likeness (QED) is 0.0814. The summed E-state index contributed by atoms with van der Waals surface area (Å²) in [5.74, 6) is -0.341. The van der Waals surface area contributed by atoms with Crippen LogP contribution in [-0.2, 0) is 19.0 Å². The molecule has 9 atom stereocenters. The van der Waals surface area contributed by atoms with E-state index in [9.17, 15) is 25.2 Å². The third kappa shape index (κ3) is 13.5. The second-order valence-corrected chi connectivity index (χ2v) is 13.5. The largest absolute Gasteiger partial charge is 0.455 e. The van der Waals surface area contributed by atoms with Gasteiger partial charge in [-0.2, -0.15) is 0 Å². The van der Waals surface area contributed by atoms with Crippen molar-refractivity contribution in [3.05, 3.63) is 11.6 Å². The van der Waals surface area contributed by atoms with Crippen LogP contribution < -0.4 is 0 Å². The minimum Gasteiger partial charge on any atom is -0.455 e. The maximum absolute atomic E-state index is 11.7. The maximum Gasteiger partial charge on any atom is 0.334 e. The number of hydrogen-bond acceptors (Lipinski definition) is 8. The fourth-order valence-electron chi connectivity index (χ4n) is 6.95. The van der Waals surface area contributed by atoms with Crippen molar-refractivity contribution < 1.29 is 39.4 Å². The number of carbonyl (C=O) groups excluding carboxylic acids is 1. The molecule has 0 aromatic carbocycles. The van der Waals surface area contributed by atoms with E-state index in [4.69, 9.17) is 14.2 Å². The van der Waals surface area contributed by atoms with Gasteiger partial charge in [0.2, 0.25) is 0 Å². The van der Waals surface area contributed by atoms with Gasteiger partial charge < -0.3 is 34.6 Å². The van der Waals surface area contributed by atoms with E-state index in [1.807, 2.05) is 0 Å². The lowest BCUT2D eigenvalue weighted by molar-refractivity contribution is -0.139. The molecule has 43 heavy (non-hydrogen) atoms. The zero-order chi connectivity index (χ0) is 31.0. The molecule has 0 unspecified atom stereocenters. The number of hydrogen-bond donors (Lipinski definition) is 4. The van der Waals surface area contributed by atoms with Gasteiger partial charge in [0.15, 0.2) is 0 Å². The summed E-state index contributed by atoms with van der Waals surface area (Å²) in [5.41, 5.74) is 0.541. The molecular formula is C35H62O8. The molecule has 3 rings (SSSR count). The standard InChI is InChI=1S/C35H62O8/c1-3-4-5-6-7-8-9-10-17-29(38)31-19-21-33(42-31)34-22-20-32(43-34)30(39)18-12-11-14-27(36)15-13-16-28(37)24-26-23-25(2)41-35(26)40/h23,25,27-34,36-39H,3-22,24H2,1-2H3/t25-,27+,28+,29-,30-,31-,32-,33-,34-/m1/s1. The highest BCUT2D eigenvalue weighted by atomic mass is 16.6. The third-order valence-corrected chi connectivity index (χ3v) is 9.61. The first-order valence-corrected chi connectivity index (χ1v) is 17.7. The molecule has 0 aromatic heterocycles. The van der Waals surface area contributed by atoms with Crippen LogP contribution in [0.4, 0.5) is 0 Å². The molecule has 0 amide bonds. The Morgan fingerprint density at radius 3 is 1.72 bits per heavy atom. The SMILES string of the molecule is CCCCCCCCCC[C@@H](O)[C@H]1CC[C@H]([C@H]2CC[C@H]([C@H](O)CCCC[C@H](O)CCC[C@H](O)CC3=C[C@@H](C)OC3=O)O2)O1. The van der Waals surface area contributed by atoms with E-state index in [2.05, 4.69) is 6.92 Å². The summed E-state index contributed by atoms with van der Waals surface area (Å²) in [5, 5.41) is 42.0. The van der Waals surface area contributed by atoms with Crippen LogP contribution in [0.1, 0.15) is 149 Å². The molecule has 3 heterocycles. The Labute approximate surface area is 260 Å². The summed E-state index contributed by atoms with van der Waals surface area (Å²) in [4.78, 5) is 11.7. The van der Waals surface area contributed by atoms with Gasteiger partial charge in [0.1, 0.15) is 6.10 Å². The van der Waals surface area contributed by atoms with E-state index in [-0.39, 0.29) is 36.5 Å². The van der Waals surface area contributed by atoms with E-state index in [0.29, 0.717) is 44.1 Å². The van der Waals surface area contributed by atoms with Gasteiger partial charge in [0.05, 0.1) is 48.8 Å². The van der Waals surface area contributed by atoms with Crippen LogP contribution in [0.2, 0.25) is 0 Å². The van der Waals surface area contributed by atoms with Gasteiger partial charge >= 0.3 is 5.97 Å². The summed E-state index contributed by atoms with van der Waals surface area (Å²) >= 11 is 0. The molecule has 0 saturated carbocycles. The molecule has 0 bridgehead atoms. The smallest absolute Gasteiger partial charge is 0.334 e. The predicted molar refractivity (Wildman–Crippen MR) is 168 cm³/mol. The Hall–Kier alpha value is -1.03. The average molecular weight is 611 g/mol. The van der Waals surface area contributed by atoms with Crippen LogP contribution in [-0.4, -0.2) is 81.3 Å². The van der Waals surface area contributed by atoms with Crippen LogP contribution in [0.5, 0.6) is 0 Å². The first kappa shape index (κ1) is 36.4. The number of carbonyl (C=O) groups is 1. The molecule has 8 heteroatoms. The van der Waals surface area contributed by atoms with E-state index in [1.54, 1.807) is 13.0 Å². The van der Waals surface area contributed by atoms with Crippen LogP contribution in [0.3, 0.4) is 0 Å². The second kappa shape index (κ2) is 20.2. The van der Waals surface area contributed by atoms with Crippen molar-refractivity contribution in [2.75, 3.05) is 0 Å². The number of aliphatic hydroxyl groups excluding tert-OH is 4. The second-order valence-electron chi connectivity index (χ2n) is 13.5. The highest BCUT2D eigenvalue weighted by Gasteiger charge is 2.40. The van der Waals surface area contributed by atoms with Gasteiger partial charge in [0.25, 0.3) is 0 Å². The Balaban J connectivity index is 1.19. The first-order valence-electron chi connectivity index (χ1n) is 17.7. The Morgan fingerprint density at radius 1 is 0.674 bits per heavy atom. The van der Waals surface area contributed by atoms with E-state index in [0.717, 1.165) is 51.4 Å². The van der Waals surface area contributed by atoms with E-state index < -0.39 is 24.4 Å². The molecule has 4 N–H and O–H groups in total. The monoisotopic (exact) mass is 610 g/mol. The first-order chi connectivity index (χ1) is 20.8. The number of aliphatic hydroxyl groups is 4. The van der Waals surface area contributed by atoms with Crippen LogP contribution >= 0.6 is 0 Å². The van der Waals surface area contributed by atoms with Crippen LogP contribution in [0.25, 0.3) is 0 Å². The van der Waals surface area contributed by atoms with E-state index >= 15 is 0 Å². The zero-order valence-corrected chi connectivity index (χ0v) is 27.0. The van der Waals surface area contributed by atoms with Crippen molar-refractivity contribution in [1.29, 1.82) is 0 Å². The van der Waals surface area contributed by atoms with Gasteiger partial charge in [-0.05, 0) is 77.2 Å². The molecular weight excluding hydrogens is 548 g/mol. The summed E-state index contributed by atoms with van der Waals surface area (Å²) in [6, 6.07) is 0.